The van der Waals surface area contributed by atoms with Crippen molar-refractivity contribution in [2.75, 3.05) is 6.54 Å². The molecule has 1 amide bonds. The van der Waals surface area contributed by atoms with Gasteiger partial charge in [0.05, 0.1) is 12.3 Å². The molecule has 5 heteroatoms. The summed E-state index contributed by atoms with van der Waals surface area (Å²) >= 11 is 6.03. The molecule has 19 heavy (non-hydrogen) atoms. The van der Waals surface area contributed by atoms with Crippen LogP contribution in [0, 0.1) is 5.92 Å². The highest BCUT2D eigenvalue weighted by Gasteiger charge is 2.37. The molecule has 4 nitrogen and oxygen atoms in total. The molecule has 1 saturated heterocycles. The zero-order valence-electron chi connectivity index (χ0n) is 10.7. The fraction of sp³-hybridized carbons (Fsp3) is 0.429. The van der Waals surface area contributed by atoms with Crippen molar-refractivity contribution in [2.24, 2.45) is 5.92 Å². The molecular weight excluding hydrogens is 266 g/mol. The van der Waals surface area contributed by atoms with Crippen molar-refractivity contribution in [2.45, 2.75) is 25.8 Å². The molecule has 102 valence electrons. The molecule has 1 aliphatic rings. The molecule has 2 unspecified atom stereocenters. The van der Waals surface area contributed by atoms with E-state index in [4.69, 9.17) is 16.7 Å². The number of rotatable bonds is 3. The minimum atomic E-state index is -0.833. The lowest BCUT2D eigenvalue weighted by molar-refractivity contribution is -0.143. The van der Waals surface area contributed by atoms with Crippen LogP contribution in [-0.4, -0.2) is 34.5 Å². The molecule has 0 aliphatic carbocycles. The minimum Gasteiger partial charge on any atom is -0.481 e. The number of likely N-dealkylation sites (tertiary alicyclic amines) is 1. The number of hydrogen-bond donors (Lipinski definition) is 1. The lowest BCUT2D eigenvalue weighted by Crippen LogP contribution is -2.38. The first kappa shape index (κ1) is 13.9. The topological polar surface area (TPSA) is 57.6 Å². The van der Waals surface area contributed by atoms with E-state index in [-0.39, 0.29) is 18.4 Å². The van der Waals surface area contributed by atoms with Crippen LogP contribution in [0.2, 0.25) is 5.02 Å². The Labute approximate surface area is 117 Å². The fourth-order valence-corrected chi connectivity index (χ4v) is 2.73. The maximum atomic E-state index is 12.2. The van der Waals surface area contributed by atoms with Gasteiger partial charge in [-0.1, -0.05) is 29.8 Å². The number of hydrogen-bond acceptors (Lipinski definition) is 2. The second-order valence-corrected chi connectivity index (χ2v) is 5.24. The fourth-order valence-electron chi connectivity index (χ4n) is 2.53. The first-order valence-corrected chi connectivity index (χ1v) is 6.64. The average Bonchev–Trinajstić information content (AvgIpc) is 2.74. The Bertz CT molecular complexity index is 503. The third-order valence-corrected chi connectivity index (χ3v) is 4.06. The third kappa shape index (κ3) is 2.89. The lowest BCUT2D eigenvalue weighted by Gasteiger charge is -2.23. The molecule has 1 aromatic carbocycles. The smallest absolute Gasteiger partial charge is 0.308 e. The van der Waals surface area contributed by atoms with E-state index in [9.17, 15) is 9.59 Å². The SMILES string of the molecule is CC1C(C(=O)O)CCN1C(=O)Cc1ccccc1Cl. The van der Waals surface area contributed by atoms with E-state index in [0.717, 1.165) is 5.56 Å². The lowest BCUT2D eigenvalue weighted by atomic mass is 10.0. The van der Waals surface area contributed by atoms with Gasteiger partial charge in [0.1, 0.15) is 0 Å². The Balaban J connectivity index is 2.06. The maximum absolute atomic E-state index is 12.2. The van der Waals surface area contributed by atoms with Crippen molar-refractivity contribution in [1.29, 1.82) is 0 Å². The summed E-state index contributed by atoms with van der Waals surface area (Å²) in [7, 11) is 0. The first-order valence-electron chi connectivity index (χ1n) is 6.26. The third-order valence-electron chi connectivity index (χ3n) is 3.69. The number of amides is 1. The van der Waals surface area contributed by atoms with Crippen LogP contribution in [0.4, 0.5) is 0 Å². The second kappa shape index (κ2) is 5.61. The van der Waals surface area contributed by atoms with Gasteiger partial charge in [0, 0.05) is 17.6 Å². The molecule has 0 saturated carbocycles. The number of carboxylic acid groups (broad SMARTS) is 1. The summed E-state index contributed by atoms with van der Waals surface area (Å²) in [6.07, 6.45) is 0.737. The number of carboxylic acids is 1. The second-order valence-electron chi connectivity index (χ2n) is 4.83. The number of aliphatic carboxylic acids is 1. The molecule has 1 heterocycles. The van der Waals surface area contributed by atoms with Crippen LogP contribution >= 0.6 is 11.6 Å². The van der Waals surface area contributed by atoms with Crippen LogP contribution in [-0.2, 0) is 16.0 Å². The summed E-state index contributed by atoms with van der Waals surface area (Å²) in [6.45, 7) is 2.29. The molecule has 1 N–H and O–H groups in total. The van der Waals surface area contributed by atoms with Gasteiger partial charge < -0.3 is 10.0 Å². The highest BCUT2D eigenvalue weighted by Crippen LogP contribution is 2.26. The van der Waals surface area contributed by atoms with Gasteiger partial charge in [-0.25, -0.2) is 0 Å². The summed E-state index contributed by atoms with van der Waals surface area (Å²) in [5.41, 5.74) is 0.778. The van der Waals surface area contributed by atoms with Gasteiger partial charge in [-0.2, -0.15) is 0 Å². The first-order chi connectivity index (χ1) is 9.00. The van der Waals surface area contributed by atoms with E-state index >= 15 is 0 Å². The highest BCUT2D eigenvalue weighted by molar-refractivity contribution is 6.31. The molecule has 0 radical (unpaired) electrons. The van der Waals surface area contributed by atoms with Crippen LogP contribution in [0.1, 0.15) is 18.9 Å². The summed E-state index contributed by atoms with van der Waals surface area (Å²) in [5.74, 6) is -1.36. The summed E-state index contributed by atoms with van der Waals surface area (Å²) in [5, 5.41) is 9.63. The average molecular weight is 282 g/mol. The van der Waals surface area contributed by atoms with Gasteiger partial charge in [0.2, 0.25) is 5.91 Å². The Morgan fingerprint density at radius 1 is 1.42 bits per heavy atom. The van der Waals surface area contributed by atoms with Crippen molar-refractivity contribution in [1.82, 2.24) is 4.90 Å². The number of carbonyl (C=O) groups excluding carboxylic acids is 1. The minimum absolute atomic E-state index is 0.0654. The molecule has 0 bridgehead atoms. The molecule has 1 fully saturated rings. The normalized spacial score (nSPS) is 22.5. The Morgan fingerprint density at radius 3 is 2.68 bits per heavy atom. The van der Waals surface area contributed by atoms with E-state index in [1.165, 1.54) is 0 Å². The van der Waals surface area contributed by atoms with Crippen LogP contribution in [0.5, 0.6) is 0 Å². The molecule has 0 spiro atoms. The van der Waals surface area contributed by atoms with Crippen molar-refractivity contribution in [3.05, 3.63) is 34.9 Å². The zero-order chi connectivity index (χ0) is 14.0. The van der Waals surface area contributed by atoms with E-state index in [0.29, 0.717) is 18.0 Å². The summed E-state index contributed by atoms with van der Waals surface area (Å²) in [4.78, 5) is 24.9. The van der Waals surface area contributed by atoms with Crippen molar-refractivity contribution < 1.29 is 14.7 Å². The maximum Gasteiger partial charge on any atom is 0.308 e. The molecule has 2 rings (SSSR count). The number of benzene rings is 1. The van der Waals surface area contributed by atoms with Crippen LogP contribution in [0.15, 0.2) is 24.3 Å². The van der Waals surface area contributed by atoms with Crippen molar-refractivity contribution in [3.63, 3.8) is 0 Å². The van der Waals surface area contributed by atoms with Gasteiger partial charge in [-0.05, 0) is 25.0 Å². The van der Waals surface area contributed by atoms with Gasteiger partial charge in [0.25, 0.3) is 0 Å². The summed E-state index contributed by atoms with van der Waals surface area (Å²) < 4.78 is 0. The zero-order valence-corrected chi connectivity index (χ0v) is 11.4. The van der Waals surface area contributed by atoms with Gasteiger partial charge in [0.15, 0.2) is 0 Å². The summed E-state index contributed by atoms with van der Waals surface area (Å²) in [6, 6.07) is 6.96. The standard InChI is InChI=1S/C14H16ClNO3/c1-9-11(14(18)19)6-7-16(9)13(17)8-10-4-2-3-5-12(10)15/h2-5,9,11H,6-8H2,1H3,(H,18,19). The number of halogens is 1. The van der Waals surface area contributed by atoms with Gasteiger partial charge in [-0.3, -0.25) is 9.59 Å². The van der Waals surface area contributed by atoms with Crippen LogP contribution in [0.25, 0.3) is 0 Å². The predicted octanol–water partition coefficient (Wildman–Crippen LogP) is 2.20. The van der Waals surface area contributed by atoms with Gasteiger partial charge >= 0.3 is 5.97 Å². The van der Waals surface area contributed by atoms with E-state index in [1.807, 2.05) is 18.2 Å². The van der Waals surface area contributed by atoms with Crippen molar-refractivity contribution in [3.8, 4) is 0 Å². The molecule has 0 aromatic heterocycles. The van der Waals surface area contributed by atoms with E-state index in [2.05, 4.69) is 0 Å². The number of nitrogens with zero attached hydrogens (tertiary/aromatic N) is 1. The van der Waals surface area contributed by atoms with Crippen molar-refractivity contribution >= 4 is 23.5 Å². The predicted molar refractivity (Wildman–Crippen MR) is 72.1 cm³/mol. The van der Waals surface area contributed by atoms with E-state index < -0.39 is 11.9 Å². The Morgan fingerprint density at radius 2 is 2.11 bits per heavy atom. The van der Waals surface area contributed by atoms with E-state index in [1.54, 1.807) is 17.9 Å². The molecule has 2 atom stereocenters. The Hall–Kier alpha value is -1.55. The molecule has 1 aliphatic heterocycles. The highest BCUT2D eigenvalue weighted by atomic mass is 35.5. The largest absolute Gasteiger partial charge is 0.481 e. The quantitative estimate of drug-likeness (QED) is 0.924. The van der Waals surface area contributed by atoms with Crippen LogP contribution < -0.4 is 0 Å². The monoisotopic (exact) mass is 281 g/mol. The van der Waals surface area contributed by atoms with Crippen LogP contribution in [0.3, 0.4) is 0 Å². The number of carbonyl (C=O) groups is 2. The molecule has 1 aromatic rings. The molecular formula is C14H16ClNO3. The Kier molecular flexibility index (Phi) is 4.10. The van der Waals surface area contributed by atoms with Gasteiger partial charge in [-0.15, -0.1) is 0 Å².